The van der Waals surface area contributed by atoms with Crippen LogP contribution < -0.4 is 26.6 Å². The lowest BCUT2D eigenvalue weighted by molar-refractivity contribution is 0.0952. The zero-order chi connectivity index (χ0) is 23.3. The molecule has 10 heteroatoms. The van der Waals surface area contributed by atoms with E-state index in [2.05, 4.69) is 47.9 Å². The lowest BCUT2D eigenvalue weighted by Crippen LogP contribution is -2.36. The van der Waals surface area contributed by atoms with Crippen molar-refractivity contribution in [1.29, 1.82) is 0 Å². The summed E-state index contributed by atoms with van der Waals surface area (Å²) >= 11 is 0. The number of amides is 1. The summed E-state index contributed by atoms with van der Waals surface area (Å²) in [5.74, 6) is 1.93. The number of hydrogen-bond acceptors (Lipinski definition) is 9. The molecule has 1 amide bonds. The number of ether oxygens (including phenoxy) is 1. The molecule has 1 saturated carbocycles. The van der Waals surface area contributed by atoms with E-state index in [0.717, 1.165) is 50.5 Å². The van der Waals surface area contributed by atoms with Gasteiger partial charge in [0.2, 0.25) is 5.95 Å². The minimum atomic E-state index is -0.222. The maximum atomic E-state index is 12.8. The number of nitrogen functional groups attached to an aromatic ring is 1. The van der Waals surface area contributed by atoms with Gasteiger partial charge in [0.25, 0.3) is 5.91 Å². The highest BCUT2D eigenvalue weighted by Gasteiger charge is 2.23. The van der Waals surface area contributed by atoms with E-state index in [1.807, 2.05) is 12.1 Å². The Bertz CT molecular complexity index is 1140. The van der Waals surface area contributed by atoms with Gasteiger partial charge in [-0.2, -0.15) is 4.98 Å². The molecule has 0 bridgehead atoms. The molecule has 2 aromatic heterocycles. The van der Waals surface area contributed by atoms with E-state index in [0.29, 0.717) is 41.4 Å². The summed E-state index contributed by atoms with van der Waals surface area (Å²) in [6, 6.07) is 13.3. The molecule has 2 fully saturated rings. The second kappa shape index (κ2) is 9.92. The molecule has 3 aromatic rings. The van der Waals surface area contributed by atoms with Gasteiger partial charge in [0.1, 0.15) is 23.0 Å². The molecule has 0 spiro atoms. The maximum absolute atomic E-state index is 12.8. The Morgan fingerprint density at radius 1 is 1.06 bits per heavy atom. The number of pyridine rings is 1. The summed E-state index contributed by atoms with van der Waals surface area (Å²) in [6.07, 6.45) is 3.83. The van der Waals surface area contributed by atoms with E-state index >= 15 is 0 Å². The van der Waals surface area contributed by atoms with Crippen LogP contribution in [0.2, 0.25) is 0 Å². The summed E-state index contributed by atoms with van der Waals surface area (Å²) in [5.41, 5.74) is 8.15. The van der Waals surface area contributed by atoms with Crippen molar-refractivity contribution in [2.75, 3.05) is 54.1 Å². The van der Waals surface area contributed by atoms with Crippen LogP contribution in [0.4, 0.5) is 34.8 Å². The zero-order valence-corrected chi connectivity index (χ0v) is 18.8. The predicted octanol–water partition coefficient (Wildman–Crippen LogP) is 2.92. The first kappa shape index (κ1) is 21.9. The normalized spacial score (nSPS) is 15.6. The Morgan fingerprint density at radius 2 is 1.85 bits per heavy atom. The fourth-order valence-corrected chi connectivity index (χ4v) is 3.71. The van der Waals surface area contributed by atoms with Gasteiger partial charge in [-0.15, -0.1) is 0 Å². The molecule has 1 aromatic carbocycles. The Balaban J connectivity index is 1.34. The third-order valence-corrected chi connectivity index (χ3v) is 5.80. The number of aromatic nitrogens is 3. The number of hydrogen-bond donors (Lipinski definition) is 4. The number of morpholine rings is 1. The van der Waals surface area contributed by atoms with E-state index in [1.54, 1.807) is 18.2 Å². The third kappa shape index (κ3) is 5.52. The van der Waals surface area contributed by atoms with Crippen molar-refractivity contribution in [2.45, 2.75) is 12.8 Å². The van der Waals surface area contributed by atoms with Crippen LogP contribution in [0, 0.1) is 5.92 Å². The SMILES string of the molecule is Nc1cccc(Nc2nc(Nc3ccc(N4CCOCC4)cc3)ncc2C(=O)NCC2CC2)n1. The number of nitrogens with one attached hydrogen (secondary N) is 3. The average molecular weight is 461 g/mol. The number of nitrogens with two attached hydrogens (primary N) is 1. The number of carbonyl (C=O) groups is 1. The first-order valence-electron chi connectivity index (χ1n) is 11.5. The van der Waals surface area contributed by atoms with Crippen molar-refractivity contribution in [3.63, 3.8) is 0 Å². The molecule has 176 valence electrons. The van der Waals surface area contributed by atoms with E-state index in [9.17, 15) is 4.79 Å². The van der Waals surface area contributed by atoms with Crippen molar-refractivity contribution in [3.8, 4) is 0 Å². The lowest BCUT2D eigenvalue weighted by atomic mass is 10.2. The van der Waals surface area contributed by atoms with Gasteiger partial charge in [-0.1, -0.05) is 6.07 Å². The fraction of sp³-hybridized carbons (Fsp3) is 0.333. The standard InChI is InChI=1S/C24H28N8O2/c25-20-2-1-3-21(29-20)30-22-19(23(33)26-14-16-4-5-16)15-27-24(31-22)28-17-6-8-18(9-7-17)32-10-12-34-13-11-32/h1-3,6-9,15-16H,4-5,10-14H2,(H,26,33)(H4,25,27,28,29,30,31). The maximum Gasteiger partial charge on any atom is 0.256 e. The highest BCUT2D eigenvalue weighted by molar-refractivity contribution is 5.99. The van der Waals surface area contributed by atoms with Gasteiger partial charge in [0.15, 0.2) is 0 Å². The molecule has 1 aliphatic carbocycles. The van der Waals surface area contributed by atoms with Gasteiger partial charge < -0.3 is 31.3 Å². The van der Waals surface area contributed by atoms with Gasteiger partial charge in [0.05, 0.1) is 13.2 Å². The molecule has 1 saturated heterocycles. The van der Waals surface area contributed by atoms with Gasteiger partial charge in [-0.25, -0.2) is 9.97 Å². The molecule has 5 N–H and O–H groups in total. The molecule has 1 aliphatic heterocycles. The molecule has 5 rings (SSSR count). The molecule has 0 radical (unpaired) electrons. The minimum Gasteiger partial charge on any atom is -0.384 e. The van der Waals surface area contributed by atoms with E-state index in [4.69, 9.17) is 10.5 Å². The fourth-order valence-electron chi connectivity index (χ4n) is 3.71. The molecule has 0 unspecified atom stereocenters. The highest BCUT2D eigenvalue weighted by Crippen LogP contribution is 2.28. The van der Waals surface area contributed by atoms with Crippen LogP contribution in [0.3, 0.4) is 0 Å². The molecule has 10 nitrogen and oxygen atoms in total. The Morgan fingerprint density at radius 3 is 2.59 bits per heavy atom. The number of nitrogens with zero attached hydrogens (tertiary/aromatic N) is 4. The van der Waals surface area contributed by atoms with Crippen molar-refractivity contribution in [1.82, 2.24) is 20.3 Å². The number of benzene rings is 1. The smallest absolute Gasteiger partial charge is 0.256 e. The second-order valence-electron chi connectivity index (χ2n) is 8.45. The van der Waals surface area contributed by atoms with Gasteiger partial charge in [-0.3, -0.25) is 4.79 Å². The lowest BCUT2D eigenvalue weighted by Gasteiger charge is -2.28. The van der Waals surface area contributed by atoms with Crippen molar-refractivity contribution < 1.29 is 9.53 Å². The van der Waals surface area contributed by atoms with Crippen molar-refractivity contribution in [2.24, 2.45) is 5.92 Å². The molecule has 34 heavy (non-hydrogen) atoms. The minimum absolute atomic E-state index is 0.222. The summed E-state index contributed by atoms with van der Waals surface area (Å²) in [7, 11) is 0. The zero-order valence-electron chi connectivity index (χ0n) is 18.8. The second-order valence-corrected chi connectivity index (χ2v) is 8.45. The molecular weight excluding hydrogens is 432 g/mol. The number of rotatable bonds is 8. The monoisotopic (exact) mass is 460 g/mol. The first-order valence-corrected chi connectivity index (χ1v) is 11.5. The Hall–Kier alpha value is -3.92. The largest absolute Gasteiger partial charge is 0.384 e. The van der Waals surface area contributed by atoms with Crippen LogP contribution in [-0.2, 0) is 4.74 Å². The molecule has 0 atom stereocenters. The van der Waals surface area contributed by atoms with E-state index in [-0.39, 0.29) is 5.91 Å². The molecular formula is C24H28N8O2. The van der Waals surface area contributed by atoms with E-state index in [1.165, 1.54) is 6.20 Å². The summed E-state index contributed by atoms with van der Waals surface area (Å²) in [6.45, 7) is 3.91. The van der Waals surface area contributed by atoms with Crippen LogP contribution >= 0.6 is 0 Å². The van der Waals surface area contributed by atoms with Crippen LogP contribution in [0.15, 0.2) is 48.7 Å². The Labute approximate surface area is 198 Å². The van der Waals surface area contributed by atoms with Crippen molar-refractivity contribution >= 4 is 40.7 Å². The van der Waals surface area contributed by atoms with Crippen LogP contribution in [0.5, 0.6) is 0 Å². The summed E-state index contributed by atoms with van der Waals surface area (Å²) in [4.78, 5) is 28.3. The summed E-state index contributed by atoms with van der Waals surface area (Å²) in [5, 5.41) is 9.30. The topological polar surface area (TPSA) is 130 Å². The van der Waals surface area contributed by atoms with E-state index < -0.39 is 0 Å². The van der Waals surface area contributed by atoms with Gasteiger partial charge in [-0.05, 0) is 55.2 Å². The van der Waals surface area contributed by atoms with Crippen LogP contribution in [-0.4, -0.2) is 53.7 Å². The number of carbonyl (C=O) groups excluding carboxylic acids is 1. The number of anilines is 6. The molecule has 3 heterocycles. The highest BCUT2D eigenvalue weighted by atomic mass is 16.5. The Kier molecular flexibility index (Phi) is 6.39. The van der Waals surface area contributed by atoms with Gasteiger partial charge in [0, 0.05) is 37.2 Å². The van der Waals surface area contributed by atoms with Crippen molar-refractivity contribution in [3.05, 3.63) is 54.2 Å². The van der Waals surface area contributed by atoms with Crippen LogP contribution in [0.1, 0.15) is 23.2 Å². The predicted molar refractivity (Wildman–Crippen MR) is 132 cm³/mol. The third-order valence-electron chi connectivity index (χ3n) is 5.80. The average Bonchev–Trinajstić information content (AvgIpc) is 3.69. The quantitative estimate of drug-likeness (QED) is 0.401. The van der Waals surface area contributed by atoms with Gasteiger partial charge >= 0.3 is 0 Å². The van der Waals surface area contributed by atoms with Crippen LogP contribution in [0.25, 0.3) is 0 Å². The first-order chi connectivity index (χ1) is 16.6. The molecule has 2 aliphatic rings. The summed E-state index contributed by atoms with van der Waals surface area (Å²) < 4.78 is 5.42.